The van der Waals surface area contributed by atoms with Crippen LogP contribution in [0.2, 0.25) is 15.1 Å². The van der Waals surface area contributed by atoms with Gasteiger partial charge in [-0.3, -0.25) is 4.79 Å². The van der Waals surface area contributed by atoms with E-state index in [-0.39, 0.29) is 39.3 Å². The predicted octanol–water partition coefficient (Wildman–Crippen LogP) is 7.24. The summed E-state index contributed by atoms with van der Waals surface area (Å²) in [5, 5.41) is 7.70. The van der Waals surface area contributed by atoms with Gasteiger partial charge in [0.15, 0.2) is 5.11 Å². The van der Waals surface area contributed by atoms with E-state index in [4.69, 9.17) is 47.0 Å². The number of carbonyl (C=O) groups excluding carboxylic acids is 1. The standard InChI is InChI=1S/C23H20Cl3F6N3OS/c1-2-33-21(37)35-8-7-34-20(36)14-5-3-12(9-16(14)23(30,31)32)4-6-15(22(27,28)29)13-10-17(24)19(26)18(25)11-13/h3-6,9-11,15H,2,7-8H2,1H3,(H,34,36)(H2,33,35,37)/b6-4+. The Labute approximate surface area is 229 Å². The van der Waals surface area contributed by atoms with Gasteiger partial charge in [-0.05, 0) is 54.5 Å². The van der Waals surface area contributed by atoms with Gasteiger partial charge in [-0.25, -0.2) is 0 Å². The van der Waals surface area contributed by atoms with E-state index in [1.165, 1.54) is 0 Å². The van der Waals surface area contributed by atoms with Gasteiger partial charge in [0, 0.05) is 19.6 Å². The second-order valence-electron chi connectivity index (χ2n) is 7.52. The minimum atomic E-state index is -4.94. The fraction of sp³-hybridized carbons (Fsp3) is 0.304. The zero-order chi connectivity index (χ0) is 28.0. The zero-order valence-corrected chi connectivity index (χ0v) is 22.0. The first-order valence-electron chi connectivity index (χ1n) is 10.6. The Kier molecular flexibility index (Phi) is 10.9. The molecule has 0 fully saturated rings. The van der Waals surface area contributed by atoms with E-state index in [0.717, 1.165) is 30.3 Å². The third-order valence-corrected chi connectivity index (χ3v) is 6.31. The quantitative estimate of drug-likeness (QED) is 0.128. The molecule has 0 aliphatic carbocycles. The van der Waals surface area contributed by atoms with Crippen LogP contribution in [0, 0.1) is 0 Å². The lowest BCUT2D eigenvalue weighted by Gasteiger charge is -2.19. The van der Waals surface area contributed by atoms with Gasteiger partial charge in [-0.2, -0.15) is 26.3 Å². The van der Waals surface area contributed by atoms with Crippen LogP contribution in [-0.4, -0.2) is 36.8 Å². The number of hydrogen-bond acceptors (Lipinski definition) is 2. The van der Waals surface area contributed by atoms with Gasteiger partial charge >= 0.3 is 12.4 Å². The van der Waals surface area contributed by atoms with Crippen molar-refractivity contribution in [3.05, 3.63) is 73.7 Å². The van der Waals surface area contributed by atoms with Crippen LogP contribution in [0.3, 0.4) is 0 Å². The molecule has 0 aliphatic heterocycles. The summed E-state index contributed by atoms with van der Waals surface area (Å²) in [6.45, 7) is 2.53. The first-order valence-corrected chi connectivity index (χ1v) is 12.1. The largest absolute Gasteiger partial charge is 0.417 e. The first-order chi connectivity index (χ1) is 17.1. The molecule has 14 heteroatoms. The Hall–Kier alpha value is -2.21. The summed E-state index contributed by atoms with van der Waals surface area (Å²) in [6.07, 6.45) is -8.21. The molecule has 2 aromatic carbocycles. The van der Waals surface area contributed by atoms with E-state index >= 15 is 0 Å². The van der Waals surface area contributed by atoms with Crippen LogP contribution in [0.25, 0.3) is 6.08 Å². The maximum Gasteiger partial charge on any atom is 0.417 e. The highest BCUT2D eigenvalue weighted by Gasteiger charge is 2.40. The second kappa shape index (κ2) is 13.0. The average molecular weight is 607 g/mol. The van der Waals surface area contributed by atoms with Crippen molar-refractivity contribution in [1.29, 1.82) is 0 Å². The molecule has 3 N–H and O–H groups in total. The van der Waals surface area contributed by atoms with Crippen LogP contribution in [0.4, 0.5) is 26.3 Å². The van der Waals surface area contributed by atoms with Crippen molar-refractivity contribution in [2.45, 2.75) is 25.2 Å². The van der Waals surface area contributed by atoms with Gasteiger partial charge in [-0.1, -0.05) is 53.0 Å². The number of amides is 1. The highest BCUT2D eigenvalue weighted by atomic mass is 35.5. The predicted molar refractivity (Wildman–Crippen MR) is 137 cm³/mol. The topological polar surface area (TPSA) is 53.2 Å². The summed E-state index contributed by atoms with van der Waals surface area (Å²) < 4.78 is 82.2. The van der Waals surface area contributed by atoms with E-state index in [1.54, 1.807) is 0 Å². The summed E-state index contributed by atoms with van der Waals surface area (Å²) in [4.78, 5) is 12.4. The van der Waals surface area contributed by atoms with Gasteiger partial charge in [0.25, 0.3) is 5.91 Å². The number of nitrogens with one attached hydrogen (secondary N) is 3. The van der Waals surface area contributed by atoms with Gasteiger partial charge in [-0.15, -0.1) is 0 Å². The van der Waals surface area contributed by atoms with Crippen LogP contribution in [-0.2, 0) is 6.18 Å². The van der Waals surface area contributed by atoms with Crippen LogP contribution < -0.4 is 16.0 Å². The Morgan fingerprint density at radius 2 is 1.57 bits per heavy atom. The van der Waals surface area contributed by atoms with E-state index in [9.17, 15) is 31.1 Å². The molecule has 0 aliphatic rings. The molecule has 0 heterocycles. The Morgan fingerprint density at radius 1 is 0.973 bits per heavy atom. The third-order valence-electron chi connectivity index (χ3n) is 4.83. The average Bonchev–Trinajstić information content (AvgIpc) is 2.79. The molecule has 0 saturated heterocycles. The molecular weight excluding hydrogens is 587 g/mol. The highest BCUT2D eigenvalue weighted by Crippen LogP contribution is 2.41. The number of carbonyl (C=O) groups is 1. The van der Waals surface area contributed by atoms with Crippen molar-refractivity contribution in [3.63, 3.8) is 0 Å². The number of hydrogen-bond donors (Lipinski definition) is 3. The highest BCUT2D eigenvalue weighted by molar-refractivity contribution is 7.80. The SMILES string of the molecule is CCNC(=S)NCCNC(=O)c1ccc(/C=C/C(c2cc(Cl)c(Cl)c(Cl)c2)C(F)(F)F)cc1C(F)(F)F. The van der Waals surface area contributed by atoms with Gasteiger partial charge in [0.2, 0.25) is 0 Å². The molecule has 1 unspecified atom stereocenters. The Morgan fingerprint density at radius 3 is 2.11 bits per heavy atom. The van der Waals surface area contributed by atoms with Crippen molar-refractivity contribution in [2.24, 2.45) is 0 Å². The lowest BCUT2D eigenvalue weighted by atomic mass is 9.96. The zero-order valence-electron chi connectivity index (χ0n) is 19.0. The third kappa shape index (κ3) is 8.94. The Bertz CT molecular complexity index is 1150. The molecule has 0 saturated carbocycles. The number of allylic oxidation sites excluding steroid dienone is 1. The van der Waals surface area contributed by atoms with Crippen LogP contribution in [0.15, 0.2) is 36.4 Å². The second-order valence-corrected chi connectivity index (χ2v) is 9.12. The Balaban J connectivity index is 2.30. The van der Waals surface area contributed by atoms with Crippen LogP contribution >= 0.6 is 47.0 Å². The fourth-order valence-corrected chi connectivity index (χ4v) is 4.00. The van der Waals surface area contributed by atoms with Gasteiger partial charge < -0.3 is 16.0 Å². The number of thiocarbonyl (C=S) groups is 1. The minimum Gasteiger partial charge on any atom is -0.363 e. The summed E-state index contributed by atoms with van der Waals surface area (Å²) in [5.74, 6) is -3.24. The fourth-order valence-electron chi connectivity index (χ4n) is 3.14. The van der Waals surface area contributed by atoms with Crippen LogP contribution in [0.1, 0.15) is 39.9 Å². The van der Waals surface area contributed by atoms with E-state index in [2.05, 4.69) is 16.0 Å². The van der Waals surface area contributed by atoms with E-state index < -0.39 is 35.3 Å². The van der Waals surface area contributed by atoms with E-state index in [0.29, 0.717) is 23.8 Å². The maximum absolute atomic E-state index is 13.7. The minimum absolute atomic E-state index is 0.0250. The molecule has 0 radical (unpaired) electrons. The van der Waals surface area contributed by atoms with Crippen molar-refractivity contribution >= 4 is 64.1 Å². The molecule has 1 atom stereocenters. The monoisotopic (exact) mass is 605 g/mol. The molecular formula is C23H20Cl3F6N3OS. The van der Waals surface area contributed by atoms with Crippen LogP contribution in [0.5, 0.6) is 0 Å². The maximum atomic E-state index is 13.7. The van der Waals surface area contributed by atoms with E-state index in [1.807, 2.05) is 6.92 Å². The normalized spacial score (nSPS) is 12.9. The first kappa shape index (κ1) is 31.0. The summed E-state index contributed by atoms with van der Waals surface area (Å²) in [6, 6.07) is 4.56. The molecule has 37 heavy (non-hydrogen) atoms. The lowest BCUT2D eigenvalue weighted by molar-refractivity contribution is -0.139. The summed E-state index contributed by atoms with van der Waals surface area (Å²) >= 11 is 22.4. The van der Waals surface area contributed by atoms with Crippen molar-refractivity contribution < 1.29 is 31.1 Å². The lowest BCUT2D eigenvalue weighted by Crippen LogP contribution is -2.40. The molecule has 202 valence electrons. The molecule has 0 bridgehead atoms. The summed E-state index contributed by atoms with van der Waals surface area (Å²) in [7, 11) is 0. The van der Waals surface area contributed by atoms with Crippen molar-refractivity contribution in [3.8, 4) is 0 Å². The van der Waals surface area contributed by atoms with Gasteiger partial charge in [0.05, 0.1) is 32.1 Å². The smallest absolute Gasteiger partial charge is 0.363 e. The molecule has 2 aromatic rings. The van der Waals surface area contributed by atoms with Gasteiger partial charge in [0.1, 0.15) is 0 Å². The number of rotatable bonds is 8. The van der Waals surface area contributed by atoms with Crippen molar-refractivity contribution in [1.82, 2.24) is 16.0 Å². The van der Waals surface area contributed by atoms with Crippen molar-refractivity contribution in [2.75, 3.05) is 19.6 Å². The molecule has 1 amide bonds. The number of benzene rings is 2. The number of halogens is 9. The molecule has 2 rings (SSSR count). The molecule has 4 nitrogen and oxygen atoms in total. The molecule has 0 spiro atoms. The molecule has 0 aromatic heterocycles. The summed E-state index contributed by atoms with van der Waals surface area (Å²) in [5.41, 5.74) is -2.54. The number of alkyl halides is 6.